The number of carbonyl (C=O) groups is 2. The first-order chi connectivity index (χ1) is 11.0. The molecule has 1 aromatic rings. The SMILES string of the molecule is O=C(COC(=O)C[C@H]1C[C@H]2CC[C@@H]1C2)Nc1cc(Cl)cc(Cl)c1. The largest absolute Gasteiger partial charge is 0.456 e. The molecule has 0 spiro atoms. The van der Waals surface area contributed by atoms with Crippen molar-refractivity contribution in [1.29, 1.82) is 0 Å². The van der Waals surface area contributed by atoms with Gasteiger partial charge in [0.05, 0.1) is 0 Å². The summed E-state index contributed by atoms with van der Waals surface area (Å²) in [6.07, 6.45) is 5.36. The van der Waals surface area contributed by atoms with Crippen LogP contribution < -0.4 is 5.32 Å². The summed E-state index contributed by atoms with van der Waals surface area (Å²) in [5, 5.41) is 3.48. The van der Waals surface area contributed by atoms with Crippen LogP contribution >= 0.6 is 23.2 Å². The average molecular weight is 356 g/mol. The Kier molecular flexibility index (Phi) is 5.12. The number of rotatable bonds is 5. The fourth-order valence-electron chi connectivity index (χ4n) is 3.87. The van der Waals surface area contributed by atoms with E-state index in [2.05, 4.69) is 5.32 Å². The van der Waals surface area contributed by atoms with Crippen LogP contribution in [0.3, 0.4) is 0 Å². The molecule has 6 heteroatoms. The highest BCUT2D eigenvalue weighted by atomic mass is 35.5. The summed E-state index contributed by atoms with van der Waals surface area (Å²) in [5.74, 6) is 1.23. The van der Waals surface area contributed by atoms with Gasteiger partial charge in [0.2, 0.25) is 0 Å². The number of amides is 1. The molecule has 124 valence electrons. The molecule has 0 heterocycles. The predicted molar refractivity (Wildman–Crippen MR) is 89.6 cm³/mol. The second-order valence-electron chi connectivity index (χ2n) is 6.51. The molecule has 0 saturated heterocycles. The number of anilines is 1. The van der Waals surface area contributed by atoms with Gasteiger partial charge in [-0.1, -0.05) is 29.6 Å². The predicted octanol–water partition coefficient (Wildman–Crippen LogP) is 4.30. The molecular formula is C17H19Cl2NO3. The highest BCUT2D eigenvalue weighted by Gasteiger charge is 2.40. The van der Waals surface area contributed by atoms with Crippen molar-refractivity contribution < 1.29 is 14.3 Å². The monoisotopic (exact) mass is 355 g/mol. The Morgan fingerprint density at radius 1 is 1.13 bits per heavy atom. The number of nitrogens with one attached hydrogen (secondary N) is 1. The molecule has 0 radical (unpaired) electrons. The van der Waals surface area contributed by atoms with Crippen LogP contribution in [0.15, 0.2) is 18.2 Å². The summed E-state index contributed by atoms with van der Waals surface area (Å²) in [5.41, 5.74) is 0.483. The first-order valence-electron chi connectivity index (χ1n) is 7.91. The molecule has 1 N–H and O–H groups in total. The fourth-order valence-corrected chi connectivity index (χ4v) is 4.39. The smallest absolute Gasteiger partial charge is 0.306 e. The summed E-state index contributed by atoms with van der Waals surface area (Å²) >= 11 is 11.7. The van der Waals surface area contributed by atoms with E-state index < -0.39 is 5.91 Å². The molecule has 2 bridgehead atoms. The van der Waals surface area contributed by atoms with Crippen molar-refractivity contribution in [3.63, 3.8) is 0 Å². The van der Waals surface area contributed by atoms with E-state index in [0.717, 1.165) is 12.3 Å². The Bertz CT molecular complexity index is 600. The van der Waals surface area contributed by atoms with Gasteiger partial charge in [0.25, 0.3) is 5.91 Å². The van der Waals surface area contributed by atoms with E-state index >= 15 is 0 Å². The second-order valence-corrected chi connectivity index (χ2v) is 7.38. The molecule has 2 aliphatic rings. The summed E-state index contributed by atoms with van der Waals surface area (Å²) < 4.78 is 5.09. The average Bonchev–Trinajstić information content (AvgIpc) is 3.06. The minimum absolute atomic E-state index is 0.288. The maximum Gasteiger partial charge on any atom is 0.306 e. The van der Waals surface area contributed by atoms with E-state index in [1.807, 2.05) is 0 Å². The number of fused-ring (bicyclic) bond motifs is 2. The van der Waals surface area contributed by atoms with Crippen LogP contribution in [0.1, 0.15) is 32.1 Å². The number of halogens is 2. The quantitative estimate of drug-likeness (QED) is 0.801. The molecule has 2 aliphatic carbocycles. The van der Waals surface area contributed by atoms with Gasteiger partial charge in [0.1, 0.15) is 0 Å². The molecule has 2 fully saturated rings. The van der Waals surface area contributed by atoms with Gasteiger partial charge in [-0.2, -0.15) is 0 Å². The molecule has 4 nitrogen and oxygen atoms in total. The van der Waals surface area contributed by atoms with E-state index in [4.69, 9.17) is 27.9 Å². The lowest BCUT2D eigenvalue weighted by Crippen LogP contribution is -2.23. The summed E-state index contributed by atoms with van der Waals surface area (Å²) in [6, 6.07) is 4.75. The van der Waals surface area contributed by atoms with Crippen molar-refractivity contribution in [3.05, 3.63) is 28.2 Å². The van der Waals surface area contributed by atoms with Gasteiger partial charge >= 0.3 is 5.97 Å². The third-order valence-electron chi connectivity index (χ3n) is 4.82. The Hall–Kier alpha value is -1.26. The molecular weight excluding hydrogens is 337 g/mol. The van der Waals surface area contributed by atoms with E-state index in [-0.39, 0.29) is 12.6 Å². The molecule has 23 heavy (non-hydrogen) atoms. The number of hydrogen-bond acceptors (Lipinski definition) is 3. The normalized spacial score (nSPS) is 25.4. The molecule has 0 aromatic heterocycles. The highest BCUT2D eigenvalue weighted by Crippen LogP contribution is 2.49. The Morgan fingerprint density at radius 2 is 1.87 bits per heavy atom. The van der Waals surface area contributed by atoms with Crippen LogP contribution in [0.5, 0.6) is 0 Å². The molecule has 1 amide bonds. The molecule has 1 aromatic carbocycles. The number of esters is 1. The first-order valence-corrected chi connectivity index (χ1v) is 8.67. The van der Waals surface area contributed by atoms with Gasteiger partial charge in [0, 0.05) is 22.2 Å². The molecule has 0 aliphatic heterocycles. The Balaban J connectivity index is 1.42. The maximum absolute atomic E-state index is 11.9. The molecule has 3 rings (SSSR count). The molecule has 0 unspecified atom stereocenters. The van der Waals surface area contributed by atoms with Crippen molar-refractivity contribution in [1.82, 2.24) is 0 Å². The van der Waals surface area contributed by atoms with Gasteiger partial charge < -0.3 is 10.1 Å². The van der Waals surface area contributed by atoms with Gasteiger partial charge in [-0.05, 0) is 55.2 Å². The molecule has 2 saturated carbocycles. The summed E-state index contributed by atoms with van der Waals surface area (Å²) in [4.78, 5) is 23.7. The van der Waals surface area contributed by atoms with Crippen molar-refractivity contribution in [3.8, 4) is 0 Å². The maximum atomic E-state index is 11.9. The fraction of sp³-hybridized carbons (Fsp3) is 0.529. The minimum atomic E-state index is -0.398. The highest BCUT2D eigenvalue weighted by molar-refractivity contribution is 6.35. The Morgan fingerprint density at radius 3 is 2.48 bits per heavy atom. The lowest BCUT2D eigenvalue weighted by molar-refractivity contribution is -0.148. The first kappa shape index (κ1) is 16.6. The lowest BCUT2D eigenvalue weighted by Gasteiger charge is -2.20. The van der Waals surface area contributed by atoms with Crippen molar-refractivity contribution in [2.24, 2.45) is 17.8 Å². The van der Waals surface area contributed by atoms with Crippen molar-refractivity contribution >= 4 is 40.8 Å². The standard InChI is InChI=1S/C17H19Cl2NO3/c18-13-6-14(19)8-15(7-13)20-16(21)9-23-17(22)5-12-4-10-1-2-11(12)3-10/h6-8,10-12H,1-5,9H2,(H,20,21)/t10-,11+,12+/m0/s1. The van der Waals surface area contributed by atoms with E-state index in [9.17, 15) is 9.59 Å². The van der Waals surface area contributed by atoms with Crippen LogP contribution in [0, 0.1) is 17.8 Å². The third-order valence-corrected chi connectivity index (χ3v) is 5.26. The number of carbonyl (C=O) groups excluding carboxylic acids is 2. The van der Waals surface area contributed by atoms with E-state index in [1.165, 1.54) is 19.3 Å². The van der Waals surface area contributed by atoms with Gasteiger partial charge in [-0.15, -0.1) is 0 Å². The third kappa shape index (κ3) is 4.39. The summed E-state index contributed by atoms with van der Waals surface area (Å²) in [6.45, 7) is -0.288. The van der Waals surface area contributed by atoms with Gasteiger partial charge in [-0.3, -0.25) is 9.59 Å². The van der Waals surface area contributed by atoms with Gasteiger partial charge in [-0.25, -0.2) is 0 Å². The van der Waals surface area contributed by atoms with E-state index in [0.29, 0.717) is 34.0 Å². The van der Waals surface area contributed by atoms with Crippen LogP contribution in [0.25, 0.3) is 0 Å². The van der Waals surface area contributed by atoms with Crippen LogP contribution in [-0.4, -0.2) is 18.5 Å². The minimum Gasteiger partial charge on any atom is -0.456 e. The van der Waals surface area contributed by atoms with E-state index in [1.54, 1.807) is 18.2 Å². The molecule has 3 atom stereocenters. The van der Waals surface area contributed by atoms with Crippen molar-refractivity contribution in [2.45, 2.75) is 32.1 Å². The van der Waals surface area contributed by atoms with Crippen LogP contribution in [0.4, 0.5) is 5.69 Å². The Labute approximate surface area is 145 Å². The summed E-state index contributed by atoms with van der Waals surface area (Å²) in [7, 11) is 0. The van der Waals surface area contributed by atoms with Crippen molar-refractivity contribution in [2.75, 3.05) is 11.9 Å². The lowest BCUT2D eigenvalue weighted by atomic mass is 9.86. The number of benzene rings is 1. The second kappa shape index (κ2) is 7.10. The number of hydrogen-bond donors (Lipinski definition) is 1. The zero-order valence-corrected chi connectivity index (χ0v) is 14.2. The van der Waals surface area contributed by atoms with Crippen LogP contribution in [0.2, 0.25) is 10.0 Å². The van der Waals surface area contributed by atoms with Gasteiger partial charge in [0.15, 0.2) is 6.61 Å². The van der Waals surface area contributed by atoms with Crippen LogP contribution in [-0.2, 0) is 14.3 Å². The zero-order valence-electron chi connectivity index (χ0n) is 12.7. The topological polar surface area (TPSA) is 55.4 Å². The number of ether oxygens (including phenoxy) is 1. The zero-order chi connectivity index (χ0) is 16.4.